The van der Waals surface area contributed by atoms with Crippen LogP contribution in [0.2, 0.25) is 0 Å². The van der Waals surface area contributed by atoms with E-state index in [4.69, 9.17) is 0 Å². The Morgan fingerprint density at radius 3 is 1.54 bits per heavy atom. The Bertz CT molecular complexity index is 3450. The maximum absolute atomic E-state index is 2.49. The highest BCUT2D eigenvalue weighted by Gasteiger charge is 2.20. The molecule has 0 amide bonds. The molecule has 2 heterocycles. The summed E-state index contributed by atoms with van der Waals surface area (Å²) in [4.78, 5) is 0. The van der Waals surface area contributed by atoms with Crippen LogP contribution in [0, 0.1) is 0 Å². The van der Waals surface area contributed by atoms with E-state index in [2.05, 4.69) is 182 Å². The van der Waals surface area contributed by atoms with E-state index < -0.39 is 0 Å². The highest BCUT2D eigenvalue weighted by Crippen LogP contribution is 2.49. The van der Waals surface area contributed by atoms with Crippen molar-refractivity contribution in [2.45, 2.75) is 0 Å². The van der Waals surface area contributed by atoms with Crippen molar-refractivity contribution < 1.29 is 0 Å². The van der Waals surface area contributed by atoms with Crippen molar-refractivity contribution >= 4 is 106 Å². The molecule has 2 heteroatoms. The first kappa shape index (κ1) is 30.2. The molecule has 0 aliphatic carbocycles. The summed E-state index contributed by atoms with van der Waals surface area (Å²) in [6.07, 6.45) is 0. The molecule has 2 aromatic heterocycles. The van der Waals surface area contributed by atoms with Crippen LogP contribution >= 0.6 is 22.7 Å². The summed E-state index contributed by atoms with van der Waals surface area (Å²) in [5, 5.41) is 15.7. The zero-order valence-electron chi connectivity index (χ0n) is 29.1. The van der Waals surface area contributed by atoms with Gasteiger partial charge in [0.2, 0.25) is 0 Å². The van der Waals surface area contributed by atoms with Crippen LogP contribution in [0.15, 0.2) is 182 Å². The molecule has 0 aliphatic rings. The van der Waals surface area contributed by atoms with Gasteiger partial charge in [-0.05, 0) is 107 Å². The van der Waals surface area contributed by atoms with Gasteiger partial charge < -0.3 is 0 Å². The lowest BCUT2D eigenvalue weighted by Crippen LogP contribution is -1.91. The lowest BCUT2D eigenvalue weighted by atomic mass is 9.85. The summed E-state index contributed by atoms with van der Waals surface area (Å²) in [6, 6.07) is 67.8. The Morgan fingerprint density at radius 2 is 0.815 bits per heavy atom. The van der Waals surface area contributed by atoms with Gasteiger partial charge >= 0.3 is 0 Å². The second kappa shape index (κ2) is 11.6. The molecule has 0 spiro atoms. The van der Waals surface area contributed by atoms with Crippen LogP contribution < -0.4 is 0 Å². The lowest BCUT2D eigenvalue weighted by Gasteiger charge is -2.18. The van der Waals surface area contributed by atoms with E-state index in [0.29, 0.717) is 0 Å². The van der Waals surface area contributed by atoms with Crippen molar-refractivity contribution in [1.82, 2.24) is 0 Å². The van der Waals surface area contributed by atoms with E-state index in [-0.39, 0.29) is 0 Å². The maximum atomic E-state index is 2.49. The SMILES string of the molecule is c1cc(-c2c3ccccc3c(-c3ccc4ccccc4c3)c3ccccc23)cc(-c2cc3c(sc4ccc5sc6ccccc6c5c43)c3ccccc23)c1. The second-order valence-corrected chi connectivity index (χ2v) is 16.5. The first-order valence-corrected chi connectivity index (χ1v) is 20.1. The summed E-state index contributed by atoms with van der Waals surface area (Å²) in [5.74, 6) is 0. The van der Waals surface area contributed by atoms with Crippen molar-refractivity contribution in [3.63, 3.8) is 0 Å². The van der Waals surface area contributed by atoms with Crippen LogP contribution in [-0.4, -0.2) is 0 Å². The summed E-state index contributed by atoms with van der Waals surface area (Å²) in [5.41, 5.74) is 7.56. The molecule has 12 aromatic rings. The fraction of sp³-hybridized carbons (Fsp3) is 0. The molecule has 0 unspecified atom stereocenters. The molecule has 0 nitrogen and oxygen atoms in total. The van der Waals surface area contributed by atoms with Gasteiger partial charge in [-0.1, -0.05) is 146 Å². The number of rotatable bonds is 3. The van der Waals surface area contributed by atoms with Gasteiger partial charge in [-0.2, -0.15) is 0 Å². The van der Waals surface area contributed by atoms with Gasteiger partial charge in [-0.15, -0.1) is 22.7 Å². The highest BCUT2D eigenvalue weighted by molar-refractivity contribution is 7.28. The first-order chi connectivity index (χ1) is 26.8. The normalized spacial score (nSPS) is 12.1. The van der Waals surface area contributed by atoms with Crippen molar-refractivity contribution in [3.05, 3.63) is 182 Å². The van der Waals surface area contributed by atoms with Crippen LogP contribution in [0.3, 0.4) is 0 Å². The van der Waals surface area contributed by atoms with Gasteiger partial charge in [0, 0.05) is 45.7 Å². The van der Waals surface area contributed by atoms with Crippen molar-refractivity contribution in [3.8, 4) is 33.4 Å². The van der Waals surface area contributed by atoms with Crippen LogP contribution in [0.5, 0.6) is 0 Å². The average molecular weight is 719 g/mol. The minimum atomic E-state index is 1.23. The van der Waals surface area contributed by atoms with E-state index in [9.17, 15) is 0 Å². The van der Waals surface area contributed by atoms with E-state index in [1.165, 1.54) is 117 Å². The average Bonchev–Trinajstić information content (AvgIpc) is 3.81. The number of hydrogen-bond donors (Lipinski definition) is 0. The molecular formula is C52H30S2. The van der Waals surface area contributed by atoms with E-state index in [0.717, 1.165) is 0 Å². The molecule has 250 valence electrons. The Balaban J connectivity index is 1.13. The molecule has 0 fully saturated rings. The van der Waals surface area contributed by atoms with Crippen molar-refractivity contribution in [1.29, 1.82) is 0 Å². The fourth-order valence-corrected chi connectivity index (χ4v) is 11.4. The van der Waals surface area contributed by atoms with Gasteiger partial charge in [-0.25, -0.2) is 0 Å². The third kappa shape index (κ3) is 4.36. The summed E-state index contributed by atoms with van der Waals surface area (Å²) >= 11 is 3.83. The van der Waals surface area contributed by atoms with E-state index >= 15 is 0 Å². The highest BCUT2D eigenvalue weighted by atomic mass is 32.1. The van der Waals surface area contributed by atoms with E-state index in [1.807, 2.05) is 22.7 Å². The first-order valence-electron chi connectivity index (χ1n) is 18.5. The molecule has 0 saturated heterocycles. The van der Waals surface area contributed by atoms with Gasteiger partial charge in [0.1, 0.15) is 0 Å². The van der Waals surface area contributed by atoms with Crippen LogP contribution in [0.1, 0.15) is 0 Å². The Morgan fingerprint density at radius 1 is 0.278 bits per heavy atom. The predicted octanol–water partition coefficient (Wildman–Crippen LogP) is 16.0. The number of fused-ring (bicyclic) bond motifs is 12. The quantitative estimate of drug-likeness (QED) is 0.160. The smallest absolute Gasteiger partial charge is 0.0434 e. The molecule has 0 N–H and O–H groups in total. The molecule has 0 atom stereocenters. The Kier molecular flexibility index (Phi) is 6.48. The molecule has 0 saturated carbocycles. The van der Waals surface area contributed by atoms with Crippen molar-refractivity contribution in [2.24, 2.45) is 0 Å². The number of benzene rings is 10. The molecule has 0 radical (unpaired) electrons. The topological polar surface area (TPSA) is 0 Å². The van der Waals surface area contributed by atoms with Gasteiger partial charge in [-0.3, -0.25) is 0 Å². The summed E-state index contributed by atoms with van der Waals surface area (Å²) < 4.78 is 5.41. The Hall–Kier alpha value is -6.32. The van der Waals surface area contributed by atoms with Gasteiger partial charge in [0.25, 0.3) is 0 Å². The second-order valence-electron chi connectivity index (χ2n) is 14.3. The maximum Gasteiger partial charge on any atom is 0.0434 e. The van der Waals surface area contributed by atoms with Gasteiger partial charge in [0.05, 0.1) is 0 Å². The Labute approximate surface area is 319 Å². The zero-order valence-corrected chi connectivity index (χ0v) is 30.8. The molecular weight excluding hydrogens is 689 g/mol. The lowest BCUT2D eigenvalue weighted by molar-refractivity contribution is 1.64. The van der Waals surface area contributed by atoms with Crippen LogP contribution in [-0.2, 0) is 0 Å². The number of thiophene rings is 2. The van der Waals surface area contributed by atoms with Crippen molar-refractivity contribution in [2.75, 3.05) is 0 Å². The number of hydrogen-bond acceptors (Lipinski definition) is 2. The standard InChI is InChI=1S/C52H30S2/c1-2-13-32-28-35(25-24-31(32)12-1)49-39-19-6-4-17-37(39)48(38-18-5-7-20-40(38)49)34-15-11-14-33(29-34)43-30-44-51-47(54-52(44)41-21-8-3-16-36(41)43)27-26-46-50(51)42-22-9-10-23-45(42)53-46/h1-30H. The zero-order chi connectivity index (χ0) is 35.3. The summed E-state index contributed by atoms with van der Waals surface area (Å²) in [6.45, 7) is 0. The monoisotopic (exact) mass is 718 g/mol. The molecule has 54 heavy (non-hydrogen) atoms. The molecule has 10 aromatic carbocycles. The predicted molar refractivity (Wildman–Crippen MR) is 239 cm³/mol. The van der Waals surface area contributed by atoms with Gasteiger partial charge in [0.15, 0.2) is 0 Å². The minimum absolute atomic E-state index is 1.23. The largest absolute Gasteiger partial charge is 0.135 e. The van der Waals surface area contributed by atoms with Crippen LogP contribution in [0.25, 0.3) is 117 Å². The van der Waals surface area contributed by atoms with E-state index in [1.54, 1.807) is 0 Å². The fourth-order valence-electron chi connectivity index (χ4n) is 9.08. The third-order valence-electron chi connectivity index (χ3n) is 11.4. The molecule has 0 bridgehead atoms. The van der Waals surface area contributed by atoms with Crippen LogP contribution in [0.4, 0.5) is 0 Å². The molecule has 12 rings (SSSR count). The third-order valence-corrected chi connectivity index (χ3v) is 13.8. The summed E-state index contributed by atoms with van der Waals surface area (Å²) in [7, 11) is 0. The molecule has 0 aliphatic heterocycles. The minimum Gasteiger partial charge on any atom is -0.135 e.